The average Bonchev–Trinajstić information content (AvgIpc) is 2.54. The number of rotatable bonds is 6. The van der Waals surface area contributed by atoms with Gasteiger partial charge in [0.05, 0.1) is 27.2 Å². The van der Waals surface area contributed by atoms with E-state index in [2.05, 4.69) is 20.3 Å². The summed E-state index contributed by atoms with van der Waals surface area (Å²) in [5.74, 6) is 0.155. The molecule has 0 aliphatic carbocycles. The highest BCUT2D eigenvalue weighted by Gasteiger charge is 2.10. The zero-order valence-electron chi connectivity index (χ0n) is 12.2. The van der Waals surface area contributed by atoms with Gasteiger partial charge in [-0.3, -0.25) is 4.79 Å². The lowest BCUT2D eigenvalue weighted by molar-refractivity contribution is -0.120. The minimum Gasteiger partial charge on any atom is -0.467 e. The molecule has 0 radical (unpaired) electrons. The smallest absolute Gasteiger partial charge is 0.322 e. The molecule has 0 spiro atoms. The minimum atomic E-state index is -0.188. The van der Waals surface area contributed by atoms with Crippen LogP contribution in [0.3, 0.4) is 0 Å². The number of nitrogens with zero attached hydrogens (tertiary/aromatic N) is 3. The maximum Gasteiger partial charge on any atom is 0.322 e. The van der Waals surface area contributed by atoms with Crippen molar-refractivity contribution in [2.24, 2.45) is 0 Å². The normalized spacial score (nSPS) is 10.1. The summed E-state index contributed by atoms with van der Waals surface area (Å²) in [6, 6.07) is 7.44. The molecular formula is C14H15ClN4O3. The van der Waals surface area contributed by atoms with Crippen molar-refractivity contribution < 1.29 is 14.3 Å². The van der Waals surface area contributed by atoms with E-state index in [0.717, 1.165) is 5.56 Å². The first-order valence-electron chi connectivity index (χ1n) is 6.45. The van der Waals surface area contributed by atoms with Crippen LogP contribution < -0.4 is 14.8 Å². The van der Waals surface area contributed by atoms with Gasteiger partial charge in [0.1, 0.15) is 0 Å². The van der Waals surface area contributed by atoms with Crippen LogP contribution >= 0.6 is 11.6 Å². The number of hydrogen-bond donors (Lipinski definition) is 1. The predicted molar refractivity (Wildman–Crippen MR) is 79.9 cm³/mol. The molecule has 8 heteroatoms. The van der Waals surface area contributed by atoms with E-state index in [4.69, 9.17) is 21.1 Å². The van der Waals surface area contributed by atoms with Crippen LogP contribution in [0.25, 0.3) is 0 Å². The maximum atomic E-state index is 11.9. The van der Waals surface area contributed by atoms with Gasteiger partial charge in [-0.2, -0.15) is 9.97 Å². The zero-order valence-corrected chi connectivity index (χ0v) is 12.9. The molecular weight excluding hydrogens is 308 g/mol. The van der Waals surface area contributed by atoms with Gasteiger partial charge in [0, 0.05) is 5.02 Å². The molecule has 22 heavy (non-hydrogen) atoms. The number of carbonyl (C=O) groups excluding carboxylic acids is 1. The Hall–Kier alpha value is -2.41. The lowest BCUT2D eigenvalue weighted by Gasteiger charge is -2.07. The number of benzene rings is 1. The van der Waals surface area contributed by atoms with Gasteiger partial charge < -0.3 is 14.8 Å². The summed E-state index contributed by atoms with van der Waals surface area (Å²) in [4.78, 5) is 23.9. The molecule has 0 aliphatic rings. The number of halogens is 1. The zero-order chi connectivity index (χ0) is 15.9. The maximum absolute atomic E-state index is 11.9. The summed E-state index contributed by atoms with van der Waals surface area (Å²) < 4.78 is 9.89. The second-order valence-electron chi connectivity index (χ2n) is 4.27. The lowest BCUT2D eigenvalue weighted by atomic mass is 10.1. The molecule has 0 unspecified atom stereocenters. The van der Waals surface area contributed by atoms with Gasteiger partial charge in [-0.25, -0.2) is 0 Å². The molecule has 0 fully saturated rings. The van der Waals surface area contributed by atoms with Crippen LogP contribution in [0.1, 0.15) is 11.4 Å². The molecule has 1 amide bonds. The number of hydrogen-bond acceptors (Lipinski definition) is 6. The Morgan fingerprint density at radius 3 is 2.36 bits per heavy atom. The summed E-state index contributed by atoms with van der Waals surface area (Å²) in [5.41, 5.74) is 0.757. The van der Waals surface area contributed by atoms with Gasteiger partial charge >= 0.3 is 12.0 Å². The summed E-state index contributed by atoms with van der Waals surface area (Å²) in [5, 5.41) is 3.27. The molecule has 2 aromatic rings. The number of carbonyl (C=O) groups is 1. The molecule has 0 atom stereocenters. The first kappa shape index (κ1) is 16.0. The van der Waals surface area contributed by atoms with Gasteiger partial charge in [0.15, 0.2) is 5.82 Å². The molecule has 116 valence electrons. The fraction of sp³-hybridized carbons (Fsp3) is 0.286. The molecule has 7 nitrogen and oxygen atoms in total. The van der Waals surface area contributed by atoms with E-state index in [9.17, 15) is 4.79 Å². The van der Waals surface area contributed by atoms with E-state index in [0.29, 0.717) is 10.8 Å². The third kappa shape index (κ3) is 4.29. The van der Waals surface area contributed by atoms with E-state index in [1.807, 2.05) is 12.1 Å². The molecule has 0 bridgehead atoms. The van der Waals surface area contributed by atoms with Crippen LogP contribution in [0.4, 0.5) is 0 Å². The Bertz CT molecular complexity index is 644. The predicted octanol–water partition coefficient (Wildman–Crippen LogP) is 1.40. The van der Waals surface area contributed by atoms with E-state index in [-0.39, 0.29) is 30.9 Å². The van der Waals surface area contributed by atoms with Crippen LogP contribution in [0.15, 0.2) is 24.3 Å². The van der Waals surface area contributed by atoms with Crippen LogP contribution in [0, 0.1) is 0 Å². The summed E-state index contributed by atoms with van der Waals surface area (Å²) in [6.07, 6.45) is 0.180. The Morgan fingerprint density at radius 1 is 1.14 bits per heavy atom. The van der Waals surface area contributed by atoms with Gasteiger partial charge in [-0.15, -0.1) is 4.98 Å². The van der Waals surface area contributed by atoms with Gasteiger partial charge in [0.2, 0.25) is 5.91 Å². The second kappa shape index (κ2) is 7.56. The fourth-order valence-corrected chi connectivity index (χ4v) is 1.90. The largest absolute Gasteiger partial charge is 0.467 e. The van der Waals surface area contributed by atoms with Crippen molar-refractivity contribution in [3.63, 3.8) is 0 Å². The highest BCUT2D eigenvalue weighted by atomic mass is 35.5. The molecule has 2 rings (SSSR count). The highest BCUT2D eigenvalue weighted by molar-refractivity contribution is 6.31. The van der Waals surface area contributed by atoms with Crippen molar-refractivity contribution >= 4 is 17.5 Å². The Labute approximate surface area is 132 Å². The summed E-state index contributed by atoms with van der Waals surface area (Å²) in [7, 11) is 2.88. The second-order valence-corrected chi connectivity index (χ2v) is 4.68. The summed E-state index contributed by atoms with van der Waals surface area (Å²) in [6.45, 7) is 0.137. The van der Waals surface area contributed by atoms with Crippen molar-refractivity contribution in [1.29, 1.82) is 0 Å². The minimum absolute atomic E-state index is 0.127. The lowest BCUT2D eigenvalue weighted by Crippen LogP contribution is -2.26. The van der Waals surface area contributed by atoms with Crippen molar-refractivity contribution in [3.8, 4) is 12.0 Å². The third-order valence-electron chi connectivity index (χ3n) is 2.76. The van der Waals surface area contributed by atoms with Crippen LogP contribution in [-0.2, 0) is 17.8 Å². The monoisotopic (exact) mass is 322 g/mol. The molecule has 1 aromatic heterocycles. The van der Waals surface area contributed by atoms with Crippen LogP contribution in [0.2, 0.25) is 5.02 Å². The standard InChI is InChI=1S/C14H15ClN4O3/c1-21-13-17-11(18-14(19-13)22-2)8-16-12(20)7-9-5-3-4-6-10(9)15/h3-6H,7-8H2,1-2H3,(H,16,20). The number of nitrogens with one attached hydrogen (secondary N) is 1. The van der Waals surface area contributed by atoms with Crippen LogP contribution in [0.5, 0.6) is 12.0 Å². The Morgan fingerprint density at radius 2 is 1.77 bits per heavy atom. The third-order valence-corrected chi connectivity index (χ3v) is 3.13. The topological polar surface area (TPSA) is 86.2 Å². The van der Waals surface area contributed by atoms with Gasteiger partial charge in [0.25, 0.3) is 0 Å². The molecule has 1 N–H and O–H groups in total. The van der Waals surface area contributed by atoms with Crippen LogP contribution in [-0.4, -0.2) is 35.1 Å². The first-order chi connectivity index (χ1) is 10.6. The fourth-order valence-electron chi connectivity index (χ4n) is 1.69. The molecule has 1 aromatic carbocycles. The number of aromatic nitrogens is 3. The van der Waals surface area contributed by atoms with Gasteiger partial charge in [-0.1, -0.05) is 29.8 Å². The van der Waals surface area contributed by atoms with E-state index in [1.54, 1.807) is 12.1 Å². The number of amides is 1. The average molecular weight is 323 g/mol. The summed E-state index contributed by atoms with van der Waals surface area (Å²) >= 11 is 6.02. The van der Waals surface area contributed by atoms with Gasteiger partial charge in [-0.05, 0) is 11.6 Å². The molecule has 1 heterocycles. The molecule has 0 aliphatic heterocycles. The van der Waals surface area contributed by atoms with E-state index >= 15 is 0 Å². The van der Waals surface area contributed by atoms with Crippen molar-refractivity contribution in [3.05, 3.63) is 40.7 Å². The number of ether oxygens (including phenoxy) is 2. The molecule has 0 saturated heterocycles. The number of methoxy groups -OCH3 is 2. The van der Waals surface area contributed by atoms with E-state index < -0.39 is 0 Å². The quantitative estimate of drug-likeness (QED) is 0.865. The van der Waals surface area contributed by atoms with E-state index in [1.165, 1.54) is 14.2 Å². The Kier molecular flexibility index (Phi) is 5.48. The molecule has 0 saturated carbocycles. The SMILES string of the molecule is COc1nc(CNC(=O)Cc2ccccc2Cl)nc(OC)n1. The first-order valence-corrected chi connectivity index (χ1v) is 6.83. The van der Waals surface area contributed by atoms with Crippen molar-refractivity contribution in [1.82, 2.24) is 20.3 Å². The van der Waals surface area contributed by atoms with Crippen molar-refractivity contribution in [2.75, 3.05) is 14.2 Å². The Balaban J connectivity index is 1.98. The highest BCUT2D eigenvalue weighted by Crippen LogP contribution is 2.15. The van der Waals surface area contributed by atoms with Crippen molar-refractivity contribution in [2.45, 2.75) is 13.0 Å².